The molecule has 0 saturated heterocycles. The standard InChI is InChI=1S/C27H30O9/c1-5-20(28)26(31)35-23(7-3)33-18-14-15-19(25(30)17-12-10-9-11-13-17)22(16-18)34-24(8-4)36-27(32)21(29)6-2/h5-6,9-16,23-24,28-29H,7-8H2,1-4H3/b20-5-,21-6-. The minimum absolute atomic E-state index is 0.0541. The van der Waals surface area contributed by atoms with Gasteiger partial charge in [0.25, 0.3) is 0 Å². The Balaban J connectivity index is 2.39. The maximum absolute atomic E-state index is 13.2. The van der Waals surface area contributed by atoms with E-state index in [4.69, 9.17) is 18.9 Å². The largest absolute Gasteiger partial charge is 0.502 e. The van der Waals surface area contributed by atoms with Crippen molar-refractivity contribution < 1.29 is 43.5 Å². The Hall–Kier alpha value is -4.27. The monoisotopic (exact) mass is 498 g/mol. The first kappa shape index (κ1) is 28.0. The van der Waals surface area contributed by atoms with Crippen LogP contribution in [-0.2, 0) is 19.1 Å². The Bertz CT molecular complexity index is 1120. The third kappa shape index (κ3) is 7.63. The predicted molar refractivity (Wildman–Crippen MR) is 131 cm³/mol. The number of esters is 2. The van der Waals surface area contributed by atoms with Crippen LogP contribution in [0.1, 0.15) is 56.5 Å². The minimum atomic E-state index is -1.12. The lowest BCUT2D eigenvalue weighted by Gasteiger charge is -2.22. The van der Waals surface area contributed by atoms with Gasteiger partial charge in [0.15, 0.2) is 17.3 Å². The van der Waals surface area contributed by atoms with Crippen LogP contribution < -0.4 is 9.47 Å². The highest BCUT2D eigenvalue weighted by atomic mass is 16.7. The number of aliphatic hydroxyl groups excluding tert-OH is 2. The van der Waals surface area contributed by atoms with Crippen LogP contribution in [0.5, 0.6) is 11.5 Å². The summed E-state index contributed by atoms with van der Waals surface area (Å²) < 4.78 is 21.9. The summed E-state index contributed by atoms with van der Waals surface area (Å²) in [5.41, 5.74) is 0.588. The first-order chi connectivity index (χ1) is 17.2. The number of hydrogen-bond donors (Lipinski definition) is 2. The minimum Gasteiger partial charge on any atom is -0.502 e. The average Bonchev–Trinajstić information content (AvgIpc) is 2.91. The third-order valence-electron chi connectivity index (χ3n) is 4.87. The first-order valence-corrected chi connectivity index (χ1v) is 11.4. The Morgan fingerprint density at radius 1 is 0.806 bits per heavy atom. The molecular weight excluding hydrogens is 468 g/mol. The number of ether oxygens (including phenoxy) is 4. The van der Waals surface area contributed by atoms with E-state index in [1.54, 1.807) is 44.2 Å². The van der Waals surface area contributed by atoms with Crippen molar-refractivity contribution in [2.75, 3.05) is 0 Å². The zero-order chi connectivity index (χ0) is 26.7. The van der Waals surface area contributed by atoms with E-state index < -0.39 is 36.0 Å². The van der Waals surface area contributed by atoms with Crippen LogP contribution in [0.3, 0.4) is 0 Å². The Kier molecular flexibility index (Phi) is 10.5. The van der Waals surface area contributed by atoms with Crippen LogP contribution in [0.2, 0.25) is 0 Å². The molecule has 2 unspecified atom stereocenters. The van der Waals surface area contributed by atoms with E-state index in [2.05, 4.69) is 0 Å². The third-order valence-corrected chi connectivity index (χ3v) is 4.87. The van der Waals surface area contributed by atoms with Gasteiger partial charge >= 0.3 is 11.9 Å². The van der Waals surface area contributed by atoms with Gasteiger partial charge in [-0.3, -0.25) is 4.79 Å². The number of hydrogen-bond acceptors (Lipinski definition) is 9. The number of carbonyl (C=O) groups excluding carboxylic acids is 3. The van der Waals surface area contributed by atoms with Crippen LogP contribution in [0.4, 0.5) is 0 Å². The molecule has 0 radical (unpaired) electrons. The van der Waals surface area contributed by atoms with E-state index in [0.717, 1.165) is 0 Å². The lowest BCUT2D eigenvalue weighted by atomic mass is 10.0. The van der Waals surface area contributed by atoms with Gasteiger partial charge in [0.2, 0.25) is 12.6 Å². The zero-order valence-electron chi connectivity index (χ0n) is 20.6. The van der Waals surface area contributed by atoms with Gasteiger partial charge in [-0.05, 0) is 38.1 Å². The predicted octanol–water partition coefficient (Wildman–Crippen LogP) is 5.16. The fourth-order valence-corrected chi connectivity index (χ4v) is 2.88. The summed E-state index contributed by atoms with van der Waals surface area (Å²) in [6.07, 6.45) is 0.707. The molecule has 0 bridgehead atoms. The molecule has 0 aromatic heterocycles. The molecule has 2 atom stereocenters. The van der Waals surface area contributed by atoms with Gasteiger partial charge in [0.1, 0.15) is 11.5 Å². The van der Waals surface area contributed by atoms with Crippen LogP contribution in [0, 0.1) is 0 Å². The maximum atomic E-state index is 13.2. The Labute approximate surface area is 209 Å². The molecule has 9 heteroatoms. The fraction of sp³-hybridized carbons (Fsp3) is 0.296. The molecule has 0 saturated carbocycles. The number of aliphatic hydroxyl groups is 2. The van der Waals surface area contributed by atoms with Gasteiger partial charge in [-0.15, -0.1) is 0 Å². The quantitative estimate of drug-likeness (QED) is 0.134. The molecule has 9 nitrogen and oxygen atoms in total. The Morgan fingerprint density at radius 2 is 1.33 bits per heavy atom. The molecule has 0 spiro atoms. The molecule has 0 fully saturated rings. The molecule has 2 N–H and O–H groups in total. The van der Waals surface area contributed by atoms with E-state index in [1.807, 2.05) is 0 Å². The number of ketones is 1. The van der Waals surface area contributed by atoms with Crippen molar-refractivity contribution in [3.05, 3.63) is 83.3 Å². The van der Waals surface area contributed by atoms with Crippen LogP contribution in [0.25, 0.3) is 0 Å². The summed E-state index contributed by atoms with van der Waals surface area (Å²) in [5.74, 6) is -3.14. The lowest BCUT2D eigenvalue weighted by Crippen LogP contribution is -2.26. The average molecular weight is 499 g/mol. The van der Waals surface area contributed by atoms with Crippen molar-refractivity contribution >= 4 is 17.7 Å². The smallest absolute Gasteiger partial charge is 0.376 e. The number of benzene rings is 2. The van der Waals surface area contributed by atoms with Gasteiger partial charge < -0.3 is 29.2 Å². The topological polar surface area (TPSA) is 129 Å². The van der Waals surface area contributed by atoms with Gasteiger partial charge in [0.05, 0.1) is 5.56 Å². The first-order valence-electron chi connectivity index (χ1n) is 11.4. The highest BCUT2D eigenvalue weighted by Crippen LogP contribution is 2.30. The second-order valence-electron chi connectivity index (χ2n) is 7.42. The molecule has 192 valence electrons. The summed E-state index contributed by atoms with van der Waals surface area (Å²) in [6.45, 7) is 6.37. The number of allylic oxidation sites excluding steroid dienone is 2. The Morgan fingerprint density at radius 3 is 1.83 bits per heavy atom. The van der Waals surface area contributed by atoms with Crippen molar-refractivity contribution in [3.63, 3.8) is 0 Å². The van der Waals surface area contributed by atoms with Gasteiger partial charge in [-0.1, -0.05) is 44.2 Å². The summed E-state index contributed by atoms with van der Waals surface area (Å²) in [6, 6.07) is 12.9. The lowest BCUT2D eigenvalue weighted by molar-refractivity contribution is -0.162. The van der Waals surface area contributed by atoms with Gasteiger partial charge in [-0.25, -0.2) is 9.59 Å². The molecule has 0 heterocycles. The van der Waals surface area contributed by atoms with Crippen molar-refractivity contribution in [2.45, 2.75) is 53.1 Å². The molecule has 0 aliphatic rings. The number of carbonyl (C=O) groups is 3. The second kappa shape index (κ2) is 13.6. The molecule has 0 aliphatic carbocycles. The van der Waals surface area contributed by atoms with E-state index in [1.165, 1.54) is 44.2 Å². The molecular formula is C27H30O9. The molecule has 2 rings (SSSR count). The normalized spacial score (nSPS) is 13.3. The van der Waals surface area contributed by atoms with Crippen LogP contribution >= 0.6 is 0 Å². The molecule has 0 amide bonds. The SMILES string of the molecule is C/C=C(\O)C(=O)OC(CC)Oc1ccc(C(=O)c2ccccc2)c(OC(CC)OC(=O)/C(O)=C/C)c1. The zero-order valence-corrected chi connectivity index (χ0v) is 20.6. The summed E-state index contributed by atoms with van der Waals surface area (Å²) in [7, 11) is 0. The summed E-state index contributed by atoms with van der Waals surface area (Å²) in [4.78, 5) is 37.1. The highest BCUT2D eigenvalue weighted by Gasteiger charge is 2.23. The fourth-order valence-electron chi connectivity index (χ4n) is 2.88. The van der Waals surface area contributed by atoms with Gasteiger partial charge in [-0.2, -0.15) is 0 Å². The molecule has 2 aromatic rings. The molecule has 36 heavy (non-hydrogen) atoms. The van der Waals surface area contributed by atoms with E-state index >= 15 is 0 Å². The van der Waals surface area contributed by atoms with E-state index in [9.17, 15) is 24.6 Å². The molecule has 0 aliphatic heterocycles. The molecule has 2 aromatic carbocycles. The summed E-state index contributed by atoms with van der Waals surface area (Å²) in [5, 5.41) is 19.2. The van der Waals surface area contributed by atoms with Crippen LogP contribution in [-0.4, -0.2) is 40.5 Å². The van der Waals surface area contributed by atoms with Crippen molar-refractivity contribution in [1.82, 2.24) is 0 Å². The van der Waals surface area contributed by atoms with Crippen LogP contribution in [0.15, 0.2) is 72.2 Å². The van der Waals surface area contributed by atoms with Crippen molar-refractivity contribution in [1.29, 1.82) is 0 Å². The summed E-state index contributed by atoms with van der Waals surface area (Å²) >= 11 is 0. The maximum Gasteiger partial charge on any atom is 0.376 e. The van der Waals surface area contributed by atoms with Crippen molar-refractivity contribution in [3.8, 4) is 11.5 Å². The van der Waals surface area contributed by atoms with Crippen molar-refractivity contribution in [2.24, 2.45) is 0 Å². The van der Waals surface area contributed by atoms with E-state index in [0.29, 0.717) is 5.56 Å². The van der Waals surface area contributed by atoms with E-state index in [-0.39, 0.29) is 35.7 Å². The second-order valence-corrected chi connectivity index (χ2v) is 7.42. The van der Waals surface area contributed by atoms with Gasteiger partial charge in [0, 0.05) is 24.5 Å². The highest BCUT2D eigenvalue weighted by molar-refractivity contribution is 6.10. The number of rotatable bonds is 12.